The summed E-state index contributed by atoms with van der Waals surface area (Å²) in [5.74, 6) is 0.497. The summed E-state index contributed by atoms with van der Waals surface area (Å²) in [5, 5.41) is 0.344. The Hall–Kier alpha value is -4.06. The quantitative estimate of drug-likeness (QED) is 0.403. The summed E-state index contributed by atoms with van der Waals surface area (Å²) in [6, 6.07) is 22.2. The molecule has 0 aliphatic carbocycles. The van der Waals surface area contributed by atoms with Crippen LogP contribution in [0, 0.1) is 0 Å². The number of benzene rings is 3. The summed E-state index contributed by atoms with van der Waals surface area (Å²) in [4.78, 5) is 24.3. The van der Waals surface area contributed by atoms with Crippen molar-refractivity contribution in [1.29, 1.82) is 0 Å². The first-order valence-corrected chi connectivity index (χ1v) is 9.68. The van der Waals surface area contributed by atoms with Crippen LogP contribution >= 0.6 is 0 Å². The van der Waals surface area contributed by atoms with Crippen molar-refractivity contribution in [3.05, 3.63) is 89.3 Å². The van der Waals surface area contributed by atoms with Gasteiger partial charge in [-0.05, 0) is 42.3 Å². The number of carbonyl (C=O) groups is 1. The van der Waals surface area contributed by atoms with Crippen LogP contribution in [0.15, 0.2) is 88.3 Å². The summed E-state index contributed by atoms with van der Waals surface area (Å²) >= 11 is 0. The summed E-state index contributed by atoms with van der Waals surface area (Å²) in [6.07, 6.45) is 0.485. The van der Waals surface area contributed by atoms with Crippen molar-refractivity contribution < 1.29 is 23.4 Å². The zero-order valence-corrected chi connectivity index (χ0v) is 17.0. The lowest BCUT2D eigenvalue weighted by Crippen LogP contribution is -2.24. The minimum Gasteiger partial charge on any atom is -0.479 e. The molecule has 4 aromatic rings. The van der Waals surface area contributed by atoms with Crippen molar-refractivity contribution in [1.82, 2.24) is 0 Å². The molecule has 1 heterocycles. The Labute approximate surface area is 178 Å². The molecule has 0 spiro atoms. The maximum Gasteiger partial charge on any atom is 0.346 e. The number of rotatable bonds is 6. The molecule has 0 amide bonds. The first kappa shape index (κ1) is 20.2. The molecular formula is C25H20O6. The van der Waals surface area contributed by atoms with E-state index in [0.29, 0.717) is 22.5 Å². The van der Waals surface area contributed by atoms with Crippen LogP contribution in [0.5, 0.6) is 17.2 Å². The van der Waals surface area contributed by atoms with Gasteiger partial charge in [-0.25, -0.2) is 4.79 Å². The van der Waals surface area contributed by atoms with Gasteiger partial charge in [0.25, 0.3) is 0 Å². The highest BCUT2D eigenvalue weighted by molar-refractivity contribution is 5.79. The van der Waals surface area contributed by atoms with Gasteiger partial charge in [0.15, 0.2) is 6.10 Å². The Morgan fingerprint density at radius 1 is 0.903 bits per heavy atom. The van der Waals surface area contributed by atoms with E-state index < -0.39 is 12.1 Å². The number of esters is 1. The minimum absolute atomic E-state index is 0.0801. The van der Waals surface area contributed by atoms with Crippen molar-refractivity contribution in [2.24, 2.45) is 0 Å². The van der Waals surface area contributed by atoms with Crippen molar-refractivity contribution in [3.63, 3.8) is 0 Å². The SMILES string of the molecule is COC(=O)C(C)Oc1ccc2c(=O)c(Oc3ccc(-c4ccccc4)cc3)coc2c1. The number of fused-ring (bicyclic) bond motifs is 1. The van der Waals surface area contributed by atoms with E-state index in [-0.39, 0.29) is 11.2 Å². The van der Waals surface area contributed by atoms with E-state index in [1.807, 2.05) is 42.5 Å². The largest absolute Gasteiger partial charge is 0.479 e. The normalized spacial score (nSPS) is 11.7. The van der Waals surface area contributed by atoms with Gasteiger partial charge in [-0.15, -0.1) is 0 Å². The number of hydrogen-bond donors (Lipinski definition) is 0. The Morgan fingerprint density at radius 3 is 2.29 bits per heavy atom. The second-order valence-corrected chi connectivity index (χ2v) is 6.86. The second kappa shape index (κ2) is 8.75. The molecule has 6 heteroatoms. The van der Waals surface area contributed by atoms with Gasteiger partial charge in [0.1, 0.15) is 23.3 Å². The number of hydrogen-bond acceptors (Lipinski definition) is 6. The first-order valence-electron chi connectivity index (χ1n) is 9.68. The standard InChI is InChI=1S/C25H20O6/c1-16(25(27)28-2)30-20-12-13-21-22(14-20)29-15-23(24(21)26)31-19-10-8-18(9-11-19)17-6-4-3-5-7-17/h3-16H,1-2H3. The van der Waals surface area contributed by atoms with Gasteiger partial charge in [0, 0.05) is 6.07 Å². The van der Waals surface area contributed by atoms with Gasteiger partial charge in [-0.1, -0.05) is 42.5 Å². The van der Waals surface area contributed by atoms with Gasteiger partial charge in [-0.3, -0.25) is 4.79 Å². The molecular weight excluding hydrogens is 396 g/mol. The third-order valence-corrected chi connectivity index (χ3v) is 4.75. The van der Waals surface area contributed by atoms with Crippen molar-refractivity contribution in [2.45, 2.75) is 13.0 Å². The molecule has 3 aromatic carbocycles. The molecule has 0 radical (unpaired) electrons. The molecule has 0 aliphatic rings. The fraction of sp³-hybridized carbons (Fsp3) is 0.120. The lowest BCUT2D eigenvalue weighted by Gasteiger charge is -2.12. The number of carbonyl (C=O) groups excluding carboxylic acids is 1. The predicted molar refractivity (Wildman–Crippen MR) is 117 cm³/mol. The van der Waals surface area contributed by atoms with Crippen LogP contribution < -0.4 is 14.9 Å². The smallest absolute Gasteiger partial charge is 0.346 e. The van der Waals surface area contributed by atoms with E-state index in [4.69, 9.17) is 13.9 Å². The van der Waals surface area contributed by atoms with Crippen LogP contribution in [-0.4, -0.2) is 19.2 Å². The summed E-state index contributed by atoms with van der Waals surface area (Å²) in [6.45, 7) is 1.58. The Balaban J connectivity index is 1.55. The Kier molecular flexibility index (Phi) is 5.71. The van der Waals surface area contributed by atoms with Crippen molar-refractivity contribution >= 4 is 16.9 Å². The molecule has 1 aromatic heterocycles. The zero-order valence-electron chi connectivity index (χ0n) is 17.0. The summed E-state index contributed by atoms with van der Waals surface area (Å²) in [5.41, 5.74) is 2.17. The lowest BCUT2D eigenvalue weighted by atomic mass is 10.1. The summed E-state index contributed by atoms with van der Waals surface area (Å²) < 4.78 is 21.5. The molecule has 31 heavy (non-hydrogen) atoms. The fourth-order valence-corrected chi connectivity index (χ4v) is 3.13. The van der Waals surface area contributed by atoms with Crippen LogP contribution in [0.25, 0.3) is 22.1 Å². The molecule has 0 aliphatic heterocycles. The predicted octanol–water partition coefficient (Wildman–Crippen LogP) is 5.19. The molecule has 0 fully saturated rings. The van der Waals surface area contributed by atoms with Gasteiger partial charge in [-0.2, -0.15) is 0 Å². The highest BCUT2D eigenvalue weighted by Gasteiger charge is 2.16. The average Bonchev–Trinajstić information content (AvgIpc) is 2.81. The van der Waals surface area contributed by atoms with E-state index in [1.165, 1.54) is 13.4 Å². The van der Waals surface area contributed by atoms with Crippen LogP contribution in [0.1, 0.15) is 6.92 Å². The molecule has 4 rings (SSSR count). The zero-order chi connectivity index (χ0) is 21.8. The molecule has 156 valence electrons. The topological polar surface area (TPSA) is 75.0 Å². The van der Waals surface area contributed by atoms with Crippen molar-refractivity contribution in [2.75, 3.05) is 7.11 Å². The monoisotopic (exact) mass is 416 g/mol. The maximum atomic E-state index is 12.8. The number of methoxy groups -OCH3 is 1. The van der Waals surface area contributed by atoms with Crippen LogP contribution in [0.2, 0.25) is 0 Å². The molecule has 0 saturated carbocycles. The van der Waals surface area contributed by atoms with Crippen LogP contribution in [-0.2, 0) is 9.53 Å². The highest BCUT2D eigenvalue weighted by atomic mass is 16.6. The second-order valence-electron chi connectivity index (χ2n) is 6.86. The fourth-order valence-electron chi connectivity index (χ4n) is 3.13. The molecule has 0 saturated heterocycles. The van der Waals surface area contributed by atoms with E-state index in [9.17, 15) is 9.59 Å². The van der Waals surface area contributed by atoms with Gasteiger partial charge in [0.05, 0.1) is 12.5 Å². The third-order valence-electron chi connectivity index (χ3n) is 4.75. The molecule has 1 unspecified atom stereocenters. The lowest BCUT2D eigenvalue weighted by molar-refractivity contribution is -0.147. The maximum absolute atomic E-state index is 12.8. The van der Waals surface area contributed by atoms with Crippen molar-refractivity contribution in [3.8, 4) is 28.4 Å². The molecule has 0 bridgehead atoms. The van der Waals surface area contributed by atoms with Crippen LogP contribution in [0.4, 0.5) is 0 Å². The third kappa shape index (κ3) is 4.43. The molecule has 0 N–H and O–H groups in total. The van der Waals surface area contributed by atoms with Gasteiger partial charge >= 0.3 is 5.97 Å². The average molecular weight is 416 g/mol. The number of ether oxygens (including phenoxy) is 3. The Morgan fingerprint density at radius 2 is 1.58 bits per heavy atom. The summed E-state index contributed by atoms with van der Waals surface area (Å²) in [7, 11) is 1.29. The van der Waals surface area contributed by atoms with Gasteiger partial charge < -0.3 is 18.6 Å². The highest BCUT2D eigenvalue weighted by Crippen LogP contribution is 2.27. The minimum atomic E-state index is -0.782. The van der Waals surface area contributed by atoms with E-state index in [1.54, 1.807) is 37.3 Å². The van der Waals surface area contributed by atoms with E-state index in [0.717, 1.165) is 11.1 Å². The van der Waals surface area contributed by atoms with Gasteiger partial charge in [0.2, 0.25) is 11.2 Å². The first-order chi connectivity index (χ1) is 15.0. The van der Waals surface area contributed by atoms with Crippen LogP contribution in [0.3, 0.4) is 0 Å². The Bertz CT molecular complexity index is 1260. The van der Waals surface area contributed by atoms with E-state index >= 15 is 0 Å². The van der Waals surface area contributed by atoms with E-state index in [2.05, 4.69) is 4.74 Å². The molecule has 6 nitrogen and oxygen atoms in total. The molecule has 1 atom stereocenters.